The molecule has 1 aromatic heterocycles. The molecule has 1 N–H and O–H groups in total. The Balaban J connectivity index is 0.00000210. The molecule has 0 aliphatic carbocycles. The lowest BCUT2D eigenvalue weighted by Gasteiger charge is -2.37. The molecular weight excluding hydrogens is 407 g/mol. The maximum absolute atomic E-state index is 12.8. The largest absolute Gasteiger partial charge is 0.343 e. The molecule has 0 saturated carbocycles. The Morgan fingerprint density at radius 2 is 1.90 bits per heavy atom. The van der Waals surface area contributed by atoms with Crippen LogP contribution in [0.15, 0.2) is 24.4 Å². The number of piperidine rings is 2. The Bertz CT molecular complexity index is 575. The number of nitrogens with zero attached hydrogens (tertiary/aromatic N) is 3. The molecule has 1 unspecified atom stereocenters. The van der Waals surface area contributed by atoms with Gasteiger partial charge < -0.3 is 15.1 Å². The summed E-state index contributed by atoms with van der Waals surface area (Å²) in [5, 5.41) is 3.42. The van der Waals surface area contributed by atoms with Gasteiger partial charge in [-0.05, 0) is 62.7 Å². The van der Waals surface area contributed by atoms with Crippen LogP contribution in [-0.2, 0) is 11.2 Å². The summed E-state index contributed by atoms with van der Waals surface area (Å²) >= 11 is 0. The van der Waals surface area contributed by atoms with Crippen molar-refractivity contribution in [3.05, 3.63) is 30.1 Å². The highest BCUT2D eigenvalue weighted by Gasteiger charge is 2.28. The van der Waals surface area contributed by atoms with Gasteiger partial charge in [-0.25, -0.2) is 0 Å². The molecule has 166 valence electrons. The van der Waals surface area contributed by atoms with Crippen LogP contribution in [0.3, 0.4) is 0 Å². The summed E-state index contributed by atoms with van der Waals surface area (Å²) in [4.78, 5) is 21.8. The fourth-order valence-corrected chi connectivity index (χ4v) is 4.55. The van der Waals surface area contributed by atoms with Crippen LogP contribution in [0.4, 0.5) is 0 Å². The van der Waals surface area contributed by atoms with Crippen LogP contribution in [-0.4, -0.2) is 66.5 Å². The normalized spacial score (nSPS) is 19.7. The summed E-state index contributed by atoms with van der Waals surface area (Å²) in [6.45, 7) is 7.71. The van der Waals surface area contributed by atoms with Crippen LogP contribution in [0.25, 0.3) is 0 Å². The fraction of sp³-hybridized carbons (Fsp3) is 0.727. The molecule has 1 aromatic rings. The second-order valence-corrected chi connectivity index (χ2v) is 8.42. The number of aromatic nitrogens is 1. The number of nitrogens with one attached hydrogen (secondary N) is 1. The topological polar surface area (TPSA) is 48.5 Å². The lowest BCUT2D eigenvalue weighted by molar-refractivity contribution is -0.134. The molecule has 5 nitrogen and oxygen atoms in total. The first-order valence-corrected chi connectivity index (χ1v) is 10.7. The molecule has 1 amide bonds. The van der Waals surface area contributed by atoms with Gasteiger partial charge in [0.05, 0.1) is 0 Å². The second-order valence-electron chi connectivity index (χ2n) is 8.42. The van der Waals surface area contributed by atoms with Gasteiger partial charge in [0.25, 0.3) is 0 Å². The van der Waals surface area contributed by atoms with E-state index in [1.165, 1.54) is 18.5 Å². The third-order valence-corrected chi connectivity index (χ3v) is 6.59. The van der Waals surface area contributed by atoms with Gasteiger partial charge in [-0.3, -0.25) is 9.78 Å². The first-order chi connectivity index (χ1) is 13.1. The number of carbonyl (C=O) groups excluding carboxylic acids is 1. The minimum Gasteiger partial charge on any atom is -0.343 e. The minimum atomic E-state index is 0. The van der Waals surface area contributed by atoms with Crippen molar-refractivity contribution >= 4 is 30.7 Å². The van der Waals surface area contributed by atoms with Crippen molar-refractivity contribution in [2.75, 3.05) is 39.8 Å². The zero-order chi connectivity index (χ0) is 19.1. The molecule has 3 rings (SSSR count). The number of hydrogen-bond donors (Lipinski definition) is 1. The molecule has 7 heteroatoms. The lowest BCUT2D eigenvalue weighted by Crippen LogP contribution is -2.46. The van der Waals surface area contributed by atoms with Gasteiger partial charge in [0, 0.05) is 57.5 Å². The Morgan fingerprint density at radius 1 is 1.21 bits per heavy atom. The molecule has 2 saturated heterocycles. The zero-order valence-corrected chi connectivity index (χ0v) is 19.5. The number of amides is 1. The Kier molecular flexibility index (Phi) is 12.1. The predicted molar refractivity (Wildman–Crippen MR) is 124 cm³/mol. The predicted octanol–water partition coefficient (Wildman–Crippen LogP) is 3.42. The monoisotopic (exact) mass is 444 g/mol. The van der Waals surface area contributed by atoms with Gasteiger partial charge in [0.1, 0.15) is 0 Å². The van der Waals surface area contributed by atoms with E-state index in [-0.39, 0.29) is 24.8 Å². The second kappa shape index (κ2) is 13.4. The molecule has 0 radical (unpaired) electrons. The lowest BCUT2D eigenvalue weighted by atomic mass is 9.84. The maximum atomic E-state index is 12.8. The van der Waals surface area contributed by atoms with Crippen molar-refractivity contribution in [3.8, 4) is 0 Å². The summed E-state index contributed by atoms with van der Waals surface area (Å²) in [6, 6.07) is 6.53. The standard InChI is InChI=1S/C22H36N4O.2ClH/c1-18(19-6-12-23-13-7-19)17-22(27)25(2)21-9-15-26(16-10-21)14-8-20-5-3-4-11-24-20;;/h3-5,11,18-19,21,23H,6-10,12-17H2,1-2H3;2*1H. The van der Waals surface area contributed by atoms with Gasteiger partial charge in [0.2, 0.25) is 5.91 Å². The highest BCUT2D eigenvalue weighted by atomic mass is 35.5. The van der Waals surface area contributed by atoms with Crippen LogP contribution < -0.4 is 5.32 Å². The van der Waals surface area contributed by atoms with Gasteiger partial charge in [0.15, 0.2) is 0 Å². The number of pyridine rings is 1. The van der Waals surface area contributed by atoms with E-state index >= 15 is 0 Å². The molecule has 0 aromatic carbocycles. The number of halogens is 2. The Morgan fingerprint density at radius 3 is 2.52 bits per heavy atom. The molecule has 2 aliphatic heterocycles. The first-order valence-electron chi connectivity index (χ1n) is 10.7. The average molecular weight is 445 g/mol. The van der Waals surface area contributed by atoms with E-state index in [1.807, 2.05) is 24.2 Å². The Hall–Kier alpha value is -0.880. The van der Waals surface area contributed by atoms with Crippen molar-refractivity contribution < 1.29 is 4.79 Å². The molecule has 29 heavy (non-hydrogen) atoms. The SMILES string of the molecule is CC(CC(=O)N(C)C1CCN(CCc2ccccn2)CC1)C1CCNCC1.Cl.Cl. The van der Waals surface area contributed by atoms with E-state index < -0.39 is 0 Å². The third kappa shape index (κ3) is 8.05. The van der Waals surface area contributed by atoms with Crippen LogP contribution in [0.5, 0.6) is 0 Å². The summed E-state index contributed by atoms with van der Waals surface area (Å²) < 4.78 is 0. The van der Waals surface area contributed by atoms with Gasteiger partial charge >= 0.3 is 0 Å². The molecule has 3 heterocycles. The fourth-order valence-electron chi connectivity index (χ4n) is 4.55. The van der Waals surface area contributed by atoms with E-state index in [2.05, 4.69) is 34.3 Å². The zero-order valence-electron chi connectivity index (χ0n) is 17.9. The number of carbonyl (C=O) groups is 1. The van der Waals surface area contributed by atoms with Crippen LogP contribution in [0, 0.1) is 11.8 Å². The summed E-state index contributed by atoms with van der Waals surface area (Å²) in [7, 11) is 2.02. The number of rotatable bonds is 7. The Labute approximate surface area is 188 Å². The smallest absolute Gasteiger partial charge is 0.222 e. The van der Waals surface area contributed by atoms with Gasteiger partial charge in [-0.1, -0.05) is 13.0 Å². The summed E-state index contributed by atoms with van der Waals surface area (Å²) in [5.74, 6) is 1.55. The van der Waals surface area contributed by atoms with E-state index in [0.29, 0.717) is 30.2 Å². The average Bonchev–Trinajstić information content (AvgIpc) is 2.73. The van der Waals surface area contributed by atoms with Crippen molar-refractivity contribution in [2.45, 2.75) is 51.5 Å². The molecule has 0 spiro atoms. The van der Waals surface area contributed by atoms with Crippen LogP contribution in [0.2, 0.25) is 0 Å². The van der Waals surface area contributed by atoms with Crippen LogP contribution >= 0.6 is 24.8 Å². The number of likely N-dealkylation sites (tertiary alicyclic amines) is 1. The minimum absolute atomic E-state index is 0. The summed E-state index contributed by atoms with van der Waals surface area (Å²) in [5.41, 5.74) is 1.17. The first kappa shape index (κ1) is 26.2. The highest BCUT2D eigenvalue weighted by molar-refractivity contribution is 5.85. The van der Waals surface area contributed by atoms with E-state index in [9.17, 15) is 4.79 Å². The van der Waals surface area contributed by atoms with E-state index in [1.54, 1.807) is 0 Å². The molecule has 1 atom stereocenters. The van der Waals surface area contributed by atoms with Crippen molar-refractivity contribution in [1.29, 1.82) is 0 Å². The third-order valence-electron chi connectivity index (χ3n) is 6.59. The van der Waals surface area contributed by atoms with E-state index in [0.717, 1.165) is 52.0 Å². The highest BCUT2D eigenvalue weighted by Crippen LogP contribution is 2.26. The molecule has 2 fully saturated rings. The number of hydrogen-bond acceptors (Lipinski definition) is 4. The van der Waals surface area contributed by atoms with E-state index in [4.69, 9.17) is 0 Å². The van der Waals surface area contributed by atoms with Crippen molar-refractivity contribution in [1.82, 2.24) is 20.1 Å². The van der Waals surface area contributed by atoms with Crippen molar-refractivity contribution in [3.63, 3.8) is 0 Å². The molecular formula is C22H38Cl2N4O. The maximum Gasteiger partial charge on any atom is 0.222 e. The van der Waals surface area contributed by atoms with Gasteiger partial charge in [-0.2, -0.15) is 0 Å². The molecule has 2 aliphatic rings. The van der Waals surface area contributed by atoms with Gasteiger partial charge in [-0.15, -0.1) is 24.8 Å². The van der Waals surface area contributed by atoms with Crippen molar-refractivity contribution in [2.24, 2.45) is 11.8 Å². The molecule has 0 bridgehead atoms. The summed E-state index contributed by atoms with van der Waals surface area (Å²) in [6.07, 6.45) is 8.19. The van der Waals surface area contributed by atoms with Crippen LogP contribution in [0.1, 0.15) is 44.7 Å². The quantitative estimate of drug-likeness (QED) is 0.699.